The SMILES string of the molecule is CC[C@H](Oc1ccccc1OC)C(=O)N1CCN(c2ccc(OC)cc2)CC1. The summed E-state index contributed by atoms with van der Waals surface area (Å²) in [5.41, 5.74) is 1.14. The molecule has 1 aliphatic rings. The van der Waals surface area contributed by atoms with Crippen LogP contribution >= 0.6 is 0 Å². The molecule has 0 unspecified atom stereocenters. The summed E-state index contributed by atoms with van der Waals surface area (Å²) in [6, 6.07) is 15.4. The van der Waals surface area contributed by atoms with Gasteiger partial charge in [-0.1, -0.05) is 19.1 Å². The van der Waals surface area contributed by atoms with Crippen LogP contribution in [0.2, 0.25) is 0 Å². The average Bonchev–Trinajstić information content (AvgIpc) is 2.77. The van der Waals surface area contributed by atoms with Crippen LogP contribution in [0.15, 0.2) is 48.5 Å². The van der Waals surface area contributed by atoms with E-state index in [9.17, 15) is 4.79 Å². The van der Waals surface area contributed by atoms with E-state index in [-0.39, 0.29) is 5.91 Å². The molecule has 150 valence electrons. The molecule has 0 aliphatic carbocycles. The molecule has 1 atom stereocenters. The first-order valence-corrected chi connectivity index (χ1v) is 9.63. The van der Waals surface area contributed by atoms with Crippen molar-refractivity contribution in [2.45, 2.75) is 19.4 Å². The average molecular weight is 384 g/mol. The summed E-state index contributed by atoms with van der Waals surface area (Å²) in [6.07, 6.45) is 0.0964. The van der Waals surface area contributed by atoms with Crippen LogP contribution in [0.25, 0.3) is 0 Å². The Kier molecular flexibility index (Phi) is 6.63. The molecule has 1 aliphatic heterocycles. The lowest BCUT2D eigenvalue weighted by Gasteiger charge is -2.37. The molecule has 0 aromatic heterocycles. The molecule has 1 saturated heterocycles. The predicted octanol–water partition coefficient (Wildman–Crippen LogP) is 3.21. The van der Waals surface area contributed by atoms with Gasteiger partial charge in [-0.15, -0.1) is 0 Å². The number of carbonyl (C=O) groups excluding carboxylic acids is 1. The van der Waals surface area contributed by atoms with E-state index >= 15 is 0 Å². The van der Waals surface area contributed by atoms with E-state index in [0.29, 0.717) is 31.0 Å². The zero-order valence-corrected chi connectivity index (χ0v) is 16.8. The van der Waals surface area contributed by atoms with E-state index in [2.05, 4.69) is 17.0 Å². The van der Waals surface area contributed by atoms with Gasteiger partial charge in [0.1, 0.15) is 5.75 Å². The lowest BCUT2D eigenvalue weighted by atomic mass is 10.2. The van der Waals surface area contributed by atoms with Gasteiger partial charge in [-0.2, -0.15) is 0 Å². The van der Waals surface area contributed by atoms with Gasteiger partial charge in [-0.3, -0.25) is 4.79 Å². The van der Waals surface area contributed by atoms with Crippen molar-refractivity contribution >= 4 is 11.6 Å². The number of rotatable bonds is 7. The Morgan fingerprint density at radius 2 is 1.57 bits per heavy atom. The number of nitrogens with zero attached hydrogens (tertiary/aromatic N) is 2. The molecule has 6 nitrogen and oxygen atoms in total. The smallest absolute Gasteiger partial charge is 0.263 e. The topological polar surface area (TPSA) is 51.2 Å². The second kappa shape index (κ2) is 9.35. The maximum absolute atomic E-state index is 13.0. The third-order valence-electron chi connectivity index (χ3n) is 5.01. The summed E-state index contributed by atoms with van der Waals surface area (Å²) >= 11 is 0. The number of ether oxygens (including phenoxy) is 3. The van der Waals surface area contributed by atoms with Gasteiger partial charge in [0.15, 0.2) is 17.6 Å². The van der Waals surface area contributed by atoms with Crippen molar-refractivity contribution in [2.75, 3.05) is 45.3 Å². The van der Waals surface area contributed by atoms with E-state index in [1.54, 1.807) is 14.2 Å². The number of anilines is 1. The number of carbonyl (C=O) groups is 1. The molecule has 0 bridgehead atoms. The molecule has 6 heteroatoms. The number of hydrogen-bond acceptors (Lipinski definition) is 5. The first-order chi connectivity index (χ1) is 13.7. The number of methoxy groups -OCH3 is 2. The van der Waals surface area contributed by atoms with Crippen molar-refractivity contribution in [1.29, 1.82) is 0 Å². The molecule has 1 fully saturated rings. The third-order valence-corrected chi connectivity index (χ3v) is 5.01. The van der Waals surface area contributed by atoms with Crippen molar-refractivity contribution in [1.82, 2.24) is 4.90 Å². The van der Waals surface area contributed by atoms with Crippen molar-refractivity contribution in [3.63, 3.8) is 0 Å². The number of para-hydroxylation sites is 2. The van der Waals surface area contributed by atoms with Crippen LogP contribution in [0.1, 0.15) is 13.3 Å². The largest absolute Gasteiger partial charge is 0.497 e. The normalized spacial score (nSPS) is 15.1. The van der Waals surface area contributed by atoms with Gasteiger partial charge in [-0.05, 0) is 42.8 Å². The second-order valence-electron chi connectivity index (χ2n) is 6.68. The molecule has 1 heterocycles. The molecular formula is C22H28N2O4. The van der Waals surface area contributed by atoms with E-state index in [1.165, 1.54) is 0 Å². The highest BCUT2D eigenvalue weighted by Gasteiger charge is 2.28. The highest BCUT2D eigenvalue weighted by molar-refractivity contribution is 5.81. The predicted molar refractivity (Wildman–Crippen MR) is 109 cm³/mol. The summed E-state index contributed by atoms with van der Waals surface area (Å²) in [6.45, 7) is 4.91. The zero-order valence-electron chi connectivity index (χ0n) is 16.8. The van der Waals surface area contributed by atoms with Crippen LogP contribution in [-0.2, 0) is 4.79 Å². The Labute approximate surface area is 166 Å². The molecular weight excluding hydrogens is 356 g/mol. The summed E-state index contributed by atoms with van der Waals surface area (Å²) in [4.78, 5) is 17.2. The van der Waals surface area contributed by atoms with Gasteiger partial charge in [-0.25, -0.2) is 0 Å². The first-order valence-electron chi connectivity index (χ1n) is 9.63. The Morgan fingerprint density at radius 3 is 2.14 bits per heavy atom. The third kappa shape index (κ3) is 4.50. The van der Waals surface area contributed by atoms with Gasteiger partial charge in [0.25, 0.3) is 5.91 Å². The molecule has 0 saturated carbocycles. The van der Waals surface area contributed by atoms with Crippen LogP contribution in [0.3, 0.4) is 0 Å². The fourth-order valence-electron chi connectivity index (χ4n) is 3.36. The summed E-state index contributed by atoms with van der Waals surface area (Å²) in [7, 11) is 3.26. The van der Waals surface area contributed by atoms with Crippen LogP contribution in [0.4, 0.5) is 5.69 Å². The Hall–Kier alpha value is -2.89. The Bertz CT molecular complexity index is 770. The lowest BCUT2D eigenvalue weighted by Crippen LogP contribution is -2.52. The lowest BCUT2D eigenvalue weighted by molar-refractivity contribution is -0.139. The minimum atomic E-state index is -0.510. The molecule has 0 N–H and O–H groups in total. The van der Waals surface area contributed by atoms with Crippen molar-refractivity contribution in [2.24, 2.45) is 0 Å². The standard InChI is InChI=1S/C22H28N2O4/c1-4-19(28-21-8-6-5-7-20(21)27-3)22(25)24-15-13-23(14-16-24)17-9-11-18(26-2)12-10-17/h5-12,19H,4,13-16H2,1-3H3/t19-/m0/s1. The van der Waals surface area contributed by atoms with E-state index in [1.807, 2.05) is 48.2 Å². The minimum absolute atomic E-state index is 0.0304. The fourth-order valence-corrected chi connectivity index (χ4v) is 3.36. The monoisotopic (exact) mass is 384 g/mol. The number of hydrogen-bond donors (Lipinski definition) is 0. The molecule has 2 aromatic carbocycles. The van der Waals surface area contributed by atoms with Gasteiger partial charge < -0.3 is 24.0 Å². The maximum atomic E-state index is 13.0. The number of benzene rings is 2. The zero-order chi connectivity index (χ0) is 19.9. The molecule has 28 heavy (non-hydrogen) atoms. The van der Waals surface area contributed by atoms with Crippen molar-refractivity contribution in [3.8, 4) is 17.2 Å². The Balaban J connectivity index is 1.59. The highest BCUT2D eigenvalue weighted by atomic mass is 16.5. The van der Waals surface area contributed by atoms with Crippen molar-refractivity contribution < 1.29 is 19.0 Å². The molecule has 3 rings (SSSR count). The summed E-state index contributed by atoms with van der Waals surface area (Å²) < 4.78 is 16.5. The first kappa shape index (κ1) is 19.9. The molecule has 0 radical (unpaired) electrons. The fraction of sp³-hybridized carbons (Fsp3) is 0.409. The van der Waals surface area contributed by atoms with Gasteiger partial charge in [0.2, 0.25) is 0 Å². The van der Waals surface area contributed by atoms with Crippen LogP contribution in [0, 0.1) is 0 Å². The highest BCUT2D eigenvalue weighted by Crippen LogP contribution is 2.28. The van der Waals surface area contributed by atoms with E-state index in [0.717, 1.165) is 24.5 Å². The molecule has 0 spiro atoms. The van der Waals surface area contributed by atoms with Gasteiger partial charge in [0, 0.05) is 31.9 Å². The van der Waals surface area contributed by atoms with Gasteiger partial charge in [0.05, 0.1) is 14.2 Å². The Morgan fingerprint density at radius 1 is 0.929 bits per heavy atom. The number of piperazine rings is 1. The molecule has 1 amide bonds. The summed E-state index contributed by atoms with van der Waals surface area (Å²) in [5, 5.41) is 0. The maximum Gasteiger partial charge on any atom is 0.263 e. The van der Waals surface area contributed by atoms with E-state index in [4.69, 9.17) is 14.2 Å². The van der Waals surface area contributed by atoms with Gasteiger partial charge >= 0.3 is 0 Å². The van der Waals surface area contributed by atoms with Crippen LogP contribution in [-0.4, -0.2) is 57.3 Å². The summed E-state index contributed by atoms with van der Waals surface area (Å²) in [5.74, 6) is 2.11. The number of amides is 1. The minimum Gasteiger partial charge on any atom is -0.497 e. The van der Waals surface area contributed by atoms with E-state index < -0.39 is 6.10 Å². The quantitative estimate of drug-likeness (QED) is 0.734. The van der Waals surface area contributed by atoms with Crippen molar-refractivity contribution in [3.05, 3.63) is 48.5 Å². The van der Waals surface area contributed by atoms with Crippen LogP contribution in [0.5, 0.6) is 17.2 Å². The second-order valence-corrected chi connectivity index (χ2v) is 6.68. The molecule has 2 aromatic rings. The van der Waals surface area contributed by atoms with Crippen LogP contribution < -0.4 is 19.1 Å².